The van der Waals surface area contributed by atoms with Crippen LogP contribution in [0.15, 0.2) is 18.2 Å². The molecule has 2 N–H and O–H groups in total. The Labute approximate surface area is 142 Å². The molecule has 2 rings (SSSR count). The van der Waals surface area contributed by atoms with Crippen LogP contribution in [0.1, 0.15) is 48.0 Å². The number of carbonyl (C=O) groups excluding carboxylic acids is 2. The summed E-state index contributed by atoms with van der Waals surface area (Å²) in [5.41, 5.74) is 1.96. The zero-order chi connectivity index (χ0) is 17.4. The van der Waals surface area contributed by atoms with Gasteiger partial charge in [0.1, 0.15) is 0 Å². The molecule has 0 aromatic heterocycles. The summed E-state index contributed by atoms with van der Waals surface area (Å²) < 4.78 is 10.3. The third kappa shape index (κ3) is 5.53. The van der Waals surface area contributed by atoms with Gasteiger partial charge < -0.3 is 20.1 Å². The number of methoxy groups -OCH3 is 1. The molecule has 24 heavy (non-hydrogen) atoms. The Bertz CT molecular complexity index is 568. The molecule has 1 aliphatic rings. The first-order valence-corrected chi connectivity index (χ1v) is 8.45. The summed E-state index contributed by atoms with van der Waals surface area (Å²) in [7, 11) is 1.34. The van der Waals surface area contributed by atoms with E-state index in [1.807, 2.05) is 6.92 Å². The van der Waals surface area contributed by atoms with Crippen molar-refractivity contribution in [3.05, 3.63) is 29.3 Å². The quantitative estimate of drug-likeness (QED) is 0.593. The molecule has 132 valence electrons. The molecule has 0 radical (unpaired) electrons. The number of carbonyl (C=O) groups is 2. The number of hydrogen-bond acceptors (Lipinski definition) is 4. The number of nitrogens with one attached hydrogen (secondary N) is 2. The maximum Gasteiger partial charge on any atom is 0.337 e. The van der Waals surface area contributed by atoms with Crippen LogP contribution in [0.5, 0.6) is 0 Å². The lowest BCUT2D eigenvalue weighted by atomic mass is 10.1. The molecule has 1 saturated heterocycles. The Hall–Kier alpha value is -2.08. The van der Waals surface area contributed by atoms with Crippen molar-refractivity contribution >= 4 is 17.7 Å². The van der Waals surface area contributed by atoms with Crippen LogP contribution in [0.3, 0.4) is 0 Å². The highest BCUT2D eigenvalue weighted by molar-refractivity contribution is 5.93. The van der Waals surface area contributed by atoms with Gasteiger partial charge in [0, 0.05) is 18.8 Å². The average molecular weight is 334 g/mol. The first-order chi connectivity index (χ1) is 11.6. The van der Waals surface area contributed by atoms with Crippen molar-refractivity contribution in [1.82, 2.24) is 5.32 Å². The maximum atomic E-state index is 11.9. The molecule has 0 unspecified atom stereocenters. The number of anilines is 1. The molecule has 1 fully saturated rings. The molecule has 0 saturated carbocycles. The molecule has 1 aromatic rings. The van der Waals surface area contributed by atoms with E-state index >= 15 is 0 Å². The minimum Gasteiger partial charge on any atom is -0.465 e. The molecule has 1 aliphatic heterocycles. The van der Waals surface area contributed by atoms with E-state index in [0.717, 1.165) is 37.9 Å². The Kier molecular flexibility index (Phi) is 7.06. The van der Waals surface area contributed by atoms with Gasteiger partial charge in [-0.3, -0.25) is 0 Å². The molecule has 2 amide bonds. The van der Waals surface area contributed by atoms with Gasteiger partial charge in [0.15, 0.2) is 0 Å². The van der Waals surface area contributed by atoms with E-state index in [0.29, 0.717) is 23.9 Å². The van der Waals surface area contributed by atoms with E-state index in [1.165, 1.54) is 13.5 Å². The fourth-order valence-electron chi connectivity index (χ4n) is 2.79. The second-order valence-electron chi connectivity index (χ2n) is 6.03. The lowest BCUT2D eigenvalue weighted by Crippen LogP contribution is -2.29. The summed E-state index contributed by atoms with van der Waals surface area (Å²) in [6, 6.07) is 4.80. The van der Waals surface area contributed by atoms with Gasteiger partial charge in [0.25, 0.3) is 0 Å². The van der Waals surface area contributed by atoms with Crippen molar-refractivity contribution in [1.29, 1.82) is 0 Å². The van der Waals surface area contributed by atoms with Crippen LogP contribution < -0.4 is 10.6 Å². The number of amides is 2. The minimum absolute atomic E-state index is 0.235. The number of unbranched alkanes of at least 4 members (excludes halogenated alkanes) is 1. The van der Waals surface area contributed by atoms with E-state index in [9.17, 15) is 9.59 Å². The third-order valence-corrected chi connectivity index (χ3v) is 4.16. The molecule has 0 bridgehead atoms. The summed E-state index contributed by atoms with van der Waals surface area (Å²) in [5.74, 6) is -0.389. The molecular formula is C18H26N2O4. The second-order valence-corrected chi connectivity index (χ2v) is 6.03. The molecule has 1 atom stereocenters. The van der Waals surface area contributed by atoms with Crippen LogP contribution in [0, 0.1) is 6.92 Å². The zero-order valence-corrected chi connectivity index (χ0v) is 14.4. The Morgan fingerprint density at radius 3 is 2.83 bits per heavy atom. The van der Waals surface area contributed by atoms with Gasteiger partial charge in [-0.15, -0.1) is 0 Å². The SMILES string of the molecule is COC(=O)c1ccc(NC(=O)NCCCC[C@@H]2CCCO2)c(C)c1. The van der Waals surface area contributed by atoms with Crippen LogP contribution in [-0.4, -0.2) is 38.4 Å². The van der Waals surface area contributed by atoms with E-state index in [2.05, 4.69) is 15.4 Å². The van der Waals surface area contributed by atoms with Crippen molar-refractivity contribution in [2.24, 2.45) is 0 Å². The highest BCUT2D eigenvalue weighted by Gasteiger charge is 2.14. The number of urea groups is 1. The van der Waals surface area contributed by atoms with E-state index in [1.54, 1.807) is 18.2 Å². The fourth-order valence-corrected chi connectivity index (χ4v) is 2.79. The predicted octanol–water partition coefficient (Wildman–Crippen LogP) is 3.25. The molecule has 0 spiro atoms. The molecule has 1 heterocycles. The van der Waals surface area contributed by atoms with Crippen LogP contribution in [0.2, 0.25) is 0 Å². The van der Waals surface area contributed by atoms with Crippen LogP contribution >= 0.6 is 0 Å². The first kappa shape index (κ1) is 18.3. The van der Waals surface area contributed by atoms with Gasteiger partial charge in [0.2, 0.25) is 0 Å². The Balaban J connectivity index is 1.69. The monoisotopic (exact) mass is 334 g/mol. The normalized spacial score (nSPS) is 16.7. The van der Waals surface area contributed by atoms with Gasteiger partial charge >= 0.3 is 12.0 Å². The van der Waals surface area contributed by atoms with E-state index in [-0.39, 0.29) is 12.0 Å². The lowest BCUT2D eigenvalue weighted by Gasteiger charge is -2.12. The van der Waals surface area contributed by atoms with Gasteiger partial charge in [0.05, 0.1) is 18.8 Å². The van der Waals surface area contributed by atoms with Gasteiger partial charge in [-0.2, -0.15) is 0 Å². The van der Waals surface area contributed by atoms with Gasteiger partial charge in [-0.25, -0.2) is 9.59 Å². The summed E-state index contributed by atoms with van der Waals surface area (Å²) >= 11 is 0. The van der Waals surface area contributed by atoms with Gasteiger partial charge in [-0.1, -0.05) is 0 Å². The number of rotatable bonds is 7. The van der Waals surface area contributed by atoms with Crippen molar-refractivity contribution in [3.63, 3.8) is 0 Å². The highest BCUT2D eigenvalue weighted by Crippen LogP contribution is 2.18. The van der Waals surface area contributed by atoms with E-state index in [4.69, 9.17) is 4.74 Å². The molecule has 6 heteroatoms. The Morgan fingerprint density at radius 1 is 1.33 bits per heavy atom. The van der Waals surface area contributed by atoms with Crippen molar-refractivity contribution in [2.45, 2.75) is 45.1 Å². The highest BCUT2D eigenvalue weighted by atomic mass is 16.5. The summed E-state index contributed by atoms with van der Waals surface area (Å²) in [4.78, 5) is 23.4. The van der Waals surface area contributed by atoms with Crippen LogP contribution in [-0.2, 0) is 9.47 Å². The summed E-state index contributed by atoms with van der Waals surface area (Å²) in [5, 5.41) is 5.65. The van der Waals surface area contributed by atoms with Gasteiger partial charge in [-0.05, 0) is 62.8 Å². The van der Waals surface area contributed by atoms with Crippen molar-refractivity contribution < 1.29 is 19.1 Å². The van der Waals surface area contributed by atoms with Crippen LogP contribution in [0.25, 0.3) is 0 Å². The molecule has 0 aliphatic carbocycles. The third-order valence-electron chi connectivity index (χ3n) is 4.16. The fraction of sp³-hybridized carbons (Fsp3) is 0.556. The van der Waals surface area contributed by atoms with Crippen molar-refractivity contribution in [2.75, 3.05) is 25.6 Å². The lowest BCUT2D eigenvalue weighted by molar-refractivity contribution is 0.0600. The molecule has 1 aromatic carbocycles. The number of hydrogen-bond donors (Lipinski definition) is 2. The second kappa shape index (κ2) is 9.27. The topological polar surface area (TPSA) is 76.7 Å². The predicted molar refractivity (Wildman–Crippen MR) is 92.4 cm³/mol. The van der Waals surface area contributed by atoms with E-state index < -0.39 is 0 Å². The number of benzene rings is 1. The number of ether oxygens (including phenoxy) is 2. The number of esters is 1. The number of aryl methyl sites for hydroxylation is 1. The summed E-state index contributed by atoms with van der Waals surface area (Å²) in [6.07, 6.45) is 5.80. The smallest absolute Gasteiger partial charge is 0.337 e. The van der Waals surface area contributed by atoms with Crippen molar-refractivity contribution in [3.8, 4) is 0 Å². The maximum absolute atomic E-state index is 11.9. The minimum atomic E-state index is -0.389. The zero-order valence-electron chi connectivity index (χ0n) is 14.4. The largest absolute Gasteiger partial charge is 0.465 e. The average Bonchev–Trinajstić information content (AvgIpc) is 3.09. The van der Waals surface area contributed by atoms with Crippen LogP contribution in [0.4, 0.5) is 10.5 Å². The molecule has 6 nitrogen and oxygen atoms in total. The standard InChI is InChI=1S/C18H26N2O4/c1-13-12-14(17(21)23-2)8-9-16(13)20-18(22)19-10-4-3-6-15-7-5-11-24-15/h8-9,12,15H,3-7,10-11H2,1-2H3,(H2,19,20,22)/t15-/m1/s1. The summed E-state index contributed by atoms with van der Waals surface area (Å²) in [6.45, 7) is 3.36. The Morgan fingerprint density at radius 2 is 2.17 bits per heavy atom. The molecular weight excluding hydrogens is 308 g/mol. The first-order valence-electron chi connectivity index (χ1n) is 8.45.